The van der Waals surface area contributed by atoms with Gasteiger partial charge in [0, 0.05) is 24.6 Å². The van der Waals surface area contributed by atoms with Gasteiger partial charge in [0.2, 0.25) is 11.8 Å². The van der Waals surface area contributed by atoms with Gasteiger partial charge in [0.15, 0.2) is 0 Å². The molecule has 1 aromatic rings. The van der Waals surface area contributed by atoms with E-state index in [1.54, 1.807) is 18.2 Å². The molecule has 1 saturated heterocycles. The zero-order valence-electron chi connectivity index (χ0n) is 12.8. The first kappa shape index (κ1) is 16.5. The van der Waals surface area contributed by atoms with Gasteiger partial charge in [0.05, 0.1) is 19.6 Å². The lowest BCUT2D eigenvalue weighted by molar-refractivity contribution is -0.151. The fraction of sp³-hybridized carbons (Fsp3) is 0.333. The molecule has 1 aliphatic heterocycles. The predicted molar refractivity (Wildman–Crippen MR) is 80.0 cm³/mol. The highest BCUT2D eigenvalue weighted by atomic mass is 16.5. The number of nitrogens with one attached hydrogen (secondary N) is 2. The van der Waals surface area contributed by atoms with Crippen molar-refractivity contribution < 1.29 is 23.9 Å². The molecule has 0 radical (unpaired) electrons. The van der Waals surface area contributed by atoms with Gasteiger partial charge in [-0.3, -0.25) is 24.6 Å². The van der Waals surface area contributed by atoms with E-state index in [0.29, 0.717) is 5.69 Å². The molecule has 1 atom stereocenters. The van der Waals surface area contributed by atoms with E-state index in [9.17, 15) is 19.2 Å². The van der Waals surface area contributed by atoms with E-state index in [1.807, 2.05) is 0 Å². The Bertz CT molecular complexity index is 658. The summed E-state index contributed by atoms with van der Waals surface area (Å²) in [5, 5.41) is 3.66. The van der Waals surface area contributed by atoms with Crippen LogP contribution < -0.4 is 10.7 Å². The van der Waals surface area contributed by atoms with Crippen molar-refractivity contribution in [3.05, 3.63) is 29.8 Å². The molecule has 0 spiro atoms. The normalized spacial score (nSPS) is 17.2. The zero-order chi connectivity index (χ0) is 17.0. The van der Waals surface area contributed by atoms with Gasteiger partial charge in [-0.05, 0) is 18.2 Å². The van der Waals surface area contributed by atoms with Crippen LogP contribution in [0.4, 0.5) is 5.69 Å². The molecule has 122 valence electrons. The minimum absolute atomic E-state index is 0.0254. The lowest BCUT2D eigenvalue weighted by atomic mass is 10.0. The number of rotatable bonds is 3. The maximum Gasteiger partial charge on any atom is 0.311 e. The molecule has 0 bridgehead atoms. The van der Waals surface area contributed by atoms with Crippen LogP contribution >= 0.6 is 0 Å². The number of nitrogens with zero attached hydrogens (tertiary/aromatic N) is 1. The summed E-state index contributed by atoms with van der Waals surface area (Å²) in [7, 11) is 1.23. The number of methoxy groups -OCH3 is 1. The van der Waals surface area contributed by atoms with Crippen LogP contribution in [0, 0.1) is 5.92 Å². The van der Waals surface area contributed by atoms with Crippen molar-refractivity contribution in [2.24, 2.45) is 5.92 Å². The molecule has 1 heterocycles. The number of carbonyl (C=O) groups excluding carboxylic acids is 4. The molecule has 8 heteroatoms. The van der Waals surface area contributed by atoms with Crippen LogP contribution in [0.3, 0.4) is 0 Å². The molecule has 1 unspecified atom stereocenters. The van der Waals surface area contributed by atoms with Crippen molar-refractivity contribution in [3.8, 4) is 0 Å². The Morgan fingerprint density at radius 2 is 2.09 bits per heavy atom. The van der Waals surface area contributed by atoms with Crippen molar-refractivity contribution in [1.29, 1.82) is 0 Å². The highest BCUT2D eigenvalue weighted by molar-refractivity contribution is 5.98. The topological polar surface area (TPSA) is 105 Å². The number of esters is 1. The summed E-state index contributed by atoms with van der Waals surface area (Å²) in [6.45, 7) is 1.39. The van der Waals surface area contributed by atoms with Gasteiger partial charge < -0.3 is 10.1 Å². The largest absolute Gasteiger partial charge is 0.469 e. The van der Waals surface area contributed by atoms with Crippen molar-refractivity contribution in [1.82, 2.24) is 10.4 Å². The second-order valence-electron chi connectivity index (χ2n) is 5.14. The lowest BCUT2D eigenvalue weighted by Gasteiger charge is -2.31. The second-order valence-corrected chi connectivity index (χ2v) is 5.14. The Morgan fingerprint density at radius 1 is 1.35 bits per heavy atom. The van der Waals surface area contributed by atoms with Gasteiger partial charge in [-0.2, -0.15) is 0 Å². The fourth-order valence-corrected chi connectivity index (χ4v) is 2.30. The molecule has 3 amide bonds. The summed E-state index contributed by atoms with van der Waals surface area (Å²) >= 11 is 0. The third-order valence-corrected chi connectivity index (χ3v) is 3.30. The zero-order valence-corrected chi connectivity index (χ0v) is 12.8. The number of hydrogen-bond donors (Lipinski definition) is 2. The quantitative estimate of drug-likeness (QED) is 0.780. The van der Waals surface area contributed by atoms with E-state index >= 15 is 0 Å². The number of amides is 3. The Morgan fingerprint density at radius 3 is 2.74 bits per heavy atom. The van der Waals surface area contributed by atoms with Crippen molar-refractivity contribution >= 4 is 29.4 Å². The van der Waals surface area contributed by atoms with E-state index in [2.05, 4.69) is 15.5 Å². The van der Waals surface area contributed by atoms with Crippen molar-refractivity contribution in [2.75, 3.05) is 19.0 Å². The summed E-state index contributed by atoms with van der Waals surface area (Å²) in [4.78, 5) is 46.8. The van der Waals surface area contributed by atoms with Crippen LogP contribution in [0.1, 0.15) is 23.7 Å². The van der Waals surface area contributed by atoms with Crippen LogP contribution in [-0.2, 0) is 19.1 Å². The smallest absolute Gasteiger partial charge is 0.311 e. The van der Waals surface area contributed by atoms with E-state index in [4.69, 9.17) is 0 Å². The SMILES string of the molecule is COC(=O)C1CC(=O)NN(C(=O)c2cccc(NC(C)=O)c2)C1. The van der Waals surface area contributed by atoms with Crippen molar-refractivity contribution in [2.45, 2.75) is 13.3 Å². The number of anilines is 1. The van der Waals surface area contributed by atoms with Gasteiger partial charge in [-0.15, -0.1) is 0 Å². The highest BCUT2D eigenvalue weighted by Crippen LogP contribution is 2.17. The number of benzene rings is 1. The van der Waals surface area contributed by atoms with Gasteiger partial charge in [-0.1, -0.05) is 6.07 Å². The summed E-state index contributed by atoms with van der Waals surface area (Å²) in [5.41, 5.74) is 3.18. The van der Waals surface area contributed by atoms with Gasteiger partial charge in [0.25, 0.3) is 5.91 Å². The summed E-state index contributed by atoms with van der Waals surface area (Å²) < 4.78 is 4.63. The molecule has 8 nitrogen and oxygen atoms in total. The number of carbonyl (C=O) groups is 4. The number of hydrogen-bond acceptors (Lipinski definition) is 5. The van der Waals surface area contributed by atoms with Crippen LogP contribution in [0.15, 0.2) is 24.3 Å². The first-order chi connectivity index (χ1) is 10.9. The predicted octanol–water partition coefficient (Wildman–Crippen LogP) is 0.311. The molecular weight excluding hydrogens is 302 g/mol. The summed E-state index contributed by atoms with van der Waals surface area (Å²) in [6, 6.07) is 6.31. The second kappa shape index (κ2) is 6.91. The summed E-state index contributed by atoms with van der Waals surface area (Å²) in [5.74, 6) is -2.40. The molecule has 2 N–H and O–H groups in total. The maximum atomic E-state index is 12.5. The molecule has 0 aromatic heterocycles. The third-order valence-electron chi connectivity index (χ3n) is 3.30. The maximum absolute atomic E-state index is 12.5. The van der Waals surface area contributed by atoms with E-state index < -0.39 is 23.7 Å². The molecular formula is C15H17N3O5. The van der Waals surface area contributed by atoms with Gasteiger partial charge in [0.1, 0.15) is 0 Å². The van der Waals surface area contributed by atoms with E-state index in [1.165, 1.54) is 20.1 Å². The lowest BCUT2D eigenvalue weighted by Crippen LogP contribution is -2.54. The average molecular weight is 319 g/mol. The van der Waals surface area contributed by atoms with Gasteiger partial charge >= 0.3 is 5.97 Å². The average Bonchev–Trinajstić information content (AvgIpc) is 2.52. The number of ether oxygens (including phenoxy) is 1. The third kappa shape index (κ3) is 4.06. The van der Waals surface area contributed by atoms with Crippen LogP contribution in [-0.4, -0.2) is 42.4 Å². The standard InChI is InChI=1S/C15H17N3O5/c1-9(19)16-12-5-3-4-10(6-12)14(21)18-8-11(15(22)23-2)7-13(20)17-18/h3-6,11H,7-8H2,1-2H3,(H,16,19)(H,17,20). The van der Waals surface area contributed by atoms with E-state index in [-0.39, 0.29) is 24.4 Å². The highest BCUT2D eigenvalue weighted by Gasteiger charge is 2.33. The minimum Gasteiger partial charge on any atom is -0.469 e. The molecule has 1 aliphatic rings. The molecule has 0 aliphatic carbocycles. The Labute approximate surface area is 132 Å². The number of hydrazine groups is 1. The fourth-order valence-electron chi connectivity index (χ4n) is 2.30. The first-order valence-corrected chi connectivity index (χ1v) is 6.97. The molecule has 23 heavy (non-hydrogen) atoms. The van der Waals surface area contributed by atoms with Gasteiger partial charge in [-0.25, -0.2) is 5.01 Å². The van der Waals surface area contributed by atoms with Crippen LogP contribution in [0.2, 0.25) is 0 Å². The summed E-state index contributed by atoms with van der Waals surface area (Å²) in [6.07, 6.45) is -0.0254. The van der Waals surface area contributed by atoms with E-state index in [0.717, 1.165) is 5.01 Å². The first-order valence-electron chi connectivity index (χ1n) is 6.97. The van der Waals surface area contributed by atoms with Crippen LogP contribution in [0.25, 0.3) is 0 Å². The monoisotopic (exact) mass is 319 g/mol. The van der Waals surface area contributed by atoms with Crippen molar-refractivity contribution in [3.63, 3.8) is 0 Å². The van der Waals surface area contributed by atoms with Crippen LogP contribution in [0.5, 0.6) is 0 Å². The minimum atomic E-state index is -0.698. The Kier molecular flexibility index (Phi) is 4.95. The molecule has 2 rings (SSSR count). The Balaban J connectivity index is 2.17. The molecule has 1 fully saturated rings. The Hall–Kier alpha value is -2.90. The molecule has 0 saturated carbocycles. The molecule has 1 aromatic carbocycles.